The number of carbonyl (C=O) groups excluding carboxylic acids is 1. The van der Waals surface area contributed by atoms with Crippen molar-refractivity contribution in [2.45, 2.75) is 37.1 Å². The third-order valence-corrected chi connectivity index (χ3v) is 4.59. The van der Waals surface area contributed by atoms with Crippen molar-refractivity contribution in [3.8, 4) is 0 Å². The number of hydrogen-bond acceptors (Lipinski definition) is 4. The molecule has 3 N–H and O–H groups in total. The van der Waals surface area contributed by atoms with Crippen LogP contribution in [0.25, 0.3) is 0 Å². The van der Waals surface area contributed by atoms with Gasteiger partial charge in [-0.15, -0.1) is 0 Å². The number of thioether (sulfide) groups is 1. The Labute approximate surface area is 116 Å². The third kappa shape index (κ3) is 3.53. The quantitative estimate of drug-likeness (QED) is 0.857. The van der Waals surface area contributed by atoms with Crippen molar-refractivity contribution in [1.82, 2.24) is 9.88 Å². The summed E-state index contributed by atoms with van der Waals surface area (Å²) in [6.07, 6.45) is 6.88. The highest BCUT2D eigenvalue weighted by molar-refractivity contribution is 7.99. The van der Waals surface area contributed by atoms with Gasteiger partial charge in [0.2, 0.25) is 5.91 Å². The molecule has 1 aliphatic rings. The third-order valence-electron chi connectivity index (χ3n) is 3.42. The van der Waals surface area contributed by atoms with Gasteiger partial charge in [-0.05, 0) is 25.2 Å². The maximum absolute atomic E-state index is 12.0. The molecule has 0 radical (unpaired) electrons. The molecule has 0 bridgehead atoms. The van der Waals surface area contributed by atoms with Crippen LogP contribution in [0.1, 0.15) is 19.3 Å². The number of anilines is 1. The number of hydrogen-bond donors (Lipinski definition) is 2. The minimum absolute atomic E-state index is 0.0292. The first kappa shape index (κ1) is 14.0. The molecular weight excluding hydrogens is 262 g/mol. The Hall–Kier alpha value is -1.43. The molecule has 2 atom stereocenters. The van der Waals surface area contributed by atoms with E-state index >= 15 is 0 Å². The summed E-state index contributed by atoms with van der Waals surface area (Å²) in [4.78, 5) is 23.6. The van der Waals surface area contributed by atoms with Crippen molar-refractivity contribution in [2.24, 2.45) is 0 Å². The number of aromatic nitrogens is 1. The molecule has 1 aromatic heterocycles. The molecule has 2 unspecified atom stereocenters. The van der Waals surface area contributed by atoms with Gasteiger partial charge in [-0.1, -0.05) is 6.42 Å². The van der Waals surface area contributed by atoms with Crippen LogP contribution in [0.3, 0.4) is 0 Å². The Kier molecular flexibility index (Phi) is 4.52. The van der Waals surface area contributed by atoms with E-state index in [0.29, 0.717) is 10.9 Å². The first-order valence-electron chi connectivity index (χ1n) is 6.38. The minimum atomic E-state index is -0.211. The molecule has 19 heavy (non-hydrogen) atoms. The van der Waals surface area contributed by atoms with E-state index < -0.39 is 0 Å². The van der Waals surface area contributed by atoms with Gasteiger partial charge in [-0.2, -0.15) is 11.8 Å². The number of nitrogen functional groups attached to an aromatic ring is 1. The van der Waals surface area contributed by atoms with Crippen molar-refractivity contribution in [3.63, 3.8) is 0 Å². The zero-order chi connectivity index (χ0) is 13.8. The first-order valence-corrected chi connectivity index (χ1v) is 7.67. The number of nitrogens with one attached hydrogen (secondary N) is 1. The fourth-order valence-electron chi connectivity index (χ4n) is 2.45. The van der Waals surface area contributed by atoms with E-state index in [4.69, 9.17) is 5.73 Å². The van der Waals surface area contributed by atoms with Crippen LogP contribution in [0.4, 0.5) is 5.69 Å². The molecule has 1 saturated carbocycles. The topological polar surface area (TPSA) is 77.1 Å². The molecule has 0 saturated heterocycles. The predicted molar refractivity (Wildman–Crippen MR) is 78.2 cm³/mol. The smallest absolute Gasteiger partial charge is 0.251 e. The summed E-state index contributed by atoms with van der Waals surface area (Å²) in [7, 11) is 0. The lowest BCUT2D eigenvalue weighted by Gasteiger charge is -2.19. The van der Waals surface area contributed by atoms with Crippen molar-refractivity contribution in [2.75, 3.05) is 12.0 Å². The largest absolute Gasteiger partial charge is 0.398 e. The molecule has 2 rings (SSSR count). The van der Waals surface area contributed by atoms with Gasteiger partial charge in [-0.3, -0.25) is 9.59 Å². The van der Waals surface area contributed by atoms with E-state index in [1.165, 1.54) is 22.9 Å². The molecule has 6 heteroatoms. The Morgan fingerprint density at radius 3 is 3.05 bits per heavy atom. The highest BCUT2D eigenvalue weighted by atomic mass is 32.2. The van der Waals surface area contributed by atoms with Crippen LogP contribution < -0.4 is 16.6 Å². The van der Waals surface area contributed by atoms with Crippen LogP contribution in [0, 0.1) is 0 Å². The Morgan fingerprint density at radius 2 is 2.32 bits per heavy atom. The summed E-state index contributed by atoms with van der Waals surface area (Å²) in [5, 5.41) is 3.50. The number of rotatable bonds is 4. The molecule has 0 aromatic carbocycles. The lowest BCUT2D eigenvalue weighted by Crippen LogP contribution is -2.41. The number of carbonyl (C=O) groups is 1. The number of amides is 1. The number of nitrogens with zero attached hydrogens (tertiary/aromatic N) is 1. The standard InChI is InChI=1S/C13H19N3O2S/c1-19-11-4-2-3-10(11)15-12(17)8-16-7-9(14)5-6-13(16)18/h5-7,10-11H,2-4,8,14H2,1H3,(H,15,17). The SMILES string of the molecule is CSC1CCCC1NC(=O)Cn1cc(N)ccc1=O. The Balaban J connectivity index is 1.97. The molecule has 1 heterocycles. The van der Waals surface area contributed by atoms with Crippen molar-refractivity contribution in [1.29, 1.82) is 0 Å². The highest BCUT2D eigenvalue weighted by Crippen LogP contribution is 2.28. The fourth-order valence-corrected chi connectivity index (χ4v) is 3.39. The van der Waals surface area contributed by atoms with Crippen LogP contribution in [-0.2, 0) is 11.3 Å². The molecule has 0 aliphatic heterocycles. The summed E-state index contributed by atoms with van der Waals surface area (Å²) in [5.74, 6) is -0.126. The Morgan fingerprint density at radius 1 is 1.53 bits per heavy atom. The maximum atomic E-state index is 12.0. The second-order valence-electron chi connectivity index (χ2n) is 4.81. The lowest BCUT2D eigenvalue weighted by atomic mass is 10.2. The molecule has 1 aliphatic carbocycles. The average Bonchev–Trinajstić information content (AvgIpc) is 2.81. The maximum Gasteiger partial charge on any atom is 0.251 e. The van der Waals surface area contributed by atoms with Gasteiger partial charge < -0.3 is 15.6 Å². The van der Waals surface area contributed by atoms with Crippen LogP contribution in [-0.4, -0.2) is 28.0 Å². The number of pyridine rings is 1. The second-order valence-corrected chi connectivity index (χ2v) is 5.88. The molecular formula is C13H19N3O2S. The normalized spacial score (nSPS) is 22.4. The Bertz CT molecular complexity index is 515. The van der Waals surface area contributed by atoms with E-state index in [0.717, 1.165) is 19.3 Å². The van der Waals surface area contributed by atoms with Crippen LogP contribution in [0.15, 0.2) is 23.1 Å². The highest BCUT2D eigenvalue weighted by Gasteiger charge is 2.27. The van der Waals surface area contributed by atoms with Gasteiger partial charge in [0, 0.05) is 29.2 Å². The van der Waals surface area contributed by atoms with Crippen molar-refractivity contribution in [3.05, 3.63) is 28.7 Å². The molecule has 1 fully saturated rings. The lowest BCUT2D eigenvalue weighted by molar-refractivity contribution is -0.122. The first-order chi connectivity index (χ1) is 9.10. The van der Waals surface area contributed by atoms with Crippen molar-refractivity contribution < 1.29 is 4.79 Å². The molecule has 1 aromatic rings. The van der Waals surface area contributed by atoms with E-state index in [2.05, 4.69) is 11.6 Å². The summed E-state index contributed by atoms with van der Waals surface area (Å²) in [6.45, 7) is 0.0292. The summed E-state index contributed by atoms with van der Waals surface area (Å²) < 4.78 is 1.34. The van der Waals surface area contributed by atoms with Gasteiger partial charge in [-0.25, -0.2) is 0 Å². The van der Waals surface area contributed by atoms with Crippen LogP contribution >= 0.6 is 11.8 Å². The van der Waals surface area contributed by atoms with Gasteiger partial charge >= 0.3 is 0 Å². The fraction of sp³-hybridized carbons (Fsp3) is 0.538. The zero-order valence-electron chi connectivity index (χ0n) is 11.0. The predicted octanol–water partition coefficient (Wildman–Crippen LogP) is 0.831. The minimum Gasteiger partial charge on any atom is -0.398 e. The number of nitrogens with two attached hydrogens (primary N) is 1. The van der Waals surface area contributed by atoms with Gasteiger partial charge in [0.1, 0.15) is 6.54 Å². The van der Waals surface area contributed by atoms with Gasteiger partial charge in [0.05, 0.1) is 0 Å². The molecule has 1 amide bonds. The van der Waals surface area contributed by atoms with E-state index in [-0.39, 0.29) is 24.1 Å². The van der Waals surface area contributed by atoms with Crippen LogP contribution in [0.5, 0.6) is 0 Å². The van der Waals surface area contributed by atoms with Gasteiger partial charge in [0.15, 0.2) is 0 Å². The summed E-state index contributed by atoms with van der Waals surface area (Å²) in [5.41, 5.74) is 5.89. The summed E-state index contributed by atoms with van der Waals surface area (Å²) >= 11 is 1.79. The summed E-state index contributed by atoms with van der Waals surface area (Å²) in [6, 6.07) is 3.14. The van der Waals surface area contributed by atoms with E-state index in [1.807, 2.05) is 0 Å². The zero-order valence-corrected chi connectivity index (χ0v) is 11.8. The second kappa shape index (κ2) is 6.14. The van der Waals surface area contributed by atoms with E-state index in [9.17, 15) is 9.59 Å². The molecule has 104 valence electrons. The monoisotopic (exact) mass is 281 g/mol. The van der Waals surface area contributed by atoms with Gasteiger partial charge in [0.25, 0.3) is 5.56 Å². The average molecular weight is 281 g/mol. The van der Waals surface area contributed by atoms with E-state index in [1.54, 1.807) is 11.8 Å². The molecule has 0 spiro atoms. The van der Waals surface area contributed by atoms with Crippen LogP contribution in [0.2, 0.25) is 0 Å². The van der Waals surface area contributed by atoms with Crippen molar-refractivity contribution >= 4 is 23.4 Å². The molecule has 5 nitrogen and oxygen atoms in total.